The fourth-order valence-electron chi connectivity index (χ4n) is 4.87. The minimum Gasteiger partial charge on any atom is -0.389 e. The number of hydrogen-bond acceptors (Lipinski definition) is 3. The van der Waals surface area contributed by atoms with Crippen LogP contribution in [0.1, 0.15) is 43.6 Å². The summed E-state index contributed by atoms with van der Waals surface area (Å²) in [4.78, 5) is 2.46. The predicted octanol–water partition coefficient (Wildman–Crippen LogP) is 5.02. The summed E-state index contributed by atoms with van der Waals surface area (Å²) in [5, 5.41) is 15.0. The van der Waals surface area contributed by atoms with E-state index in [1.54, 1.807) is 6.07 Å². The molecule has 2 aromatic carbocycles. The van der Waals surface area contributed by atoms with E-state index in [0.29, 0.717) is 5.56 Å². The van der Waals surface area contributed by atoms with E-state index in [-0.39, 0.29) is 36.5 Å². The van der Waals surface area contributed by atoms with Crippen LogP contribution in [0.25, 0.3) is 11.1 Å². The highest BCUT2D eigenvalue weighted by Crippen LogP contribution is 2.41. The van der Waals surface area contributed by atoms with E-state index in [4.69, 9.17) is 0 Å². The summed E-state index contributed by atoms with van der Waals surface area (Å²) in [5.41, 5.74) is 1.97. The van der Waals surface area contributed by atoms with E-state index in [1.165, 1.54) is 12.5 Å². The van der Waals surface area contributed by atoms with E-state index in [0.717, 1.165) is 69.5 Å². The van der Waals surface area contributed by atoms with Crippen molar-refractivity contribution >= 4 is 24.8 Å². The van der Waals surface area contributed by atoms with Crippen LogP contribution in [0.15, 0.2) is 48.5 Å². The molecule has 2 N–H and O–H groups in total. The quantitative estimate of drug-likeness (QED) is 0.665. The Balaban J connectivity index is 0.00000160. The molecule has 1 saturated heterocycles. The summed E-state index contributed by atoms with van der Waals surface area (Å²) in [6, 6.07) is 15.1. The molecule has 166 valence electrons. The molecule has 3 nitrogen and oxygen atoms in total. The second-order valence-electron chi connectivity index (χ2n) is 8.37. The van der Waals surface area contributed by atoms with Gasteiger partial charge in [0.05, 0.1) is 5.60 Å². The lowest BCUT2D eigenvalue weighted by Crippen LogP contribution is -2.49. The molecule has 30 heavy (non-hydrogen) atoms. The molecule has 0 spiro atoms. The van der Waals surface area contributed by atoms with E-state index in [1.807, 2.05) is 24.3 Å². The van der Waals surface area contributed by atoms with E-state index in [2.05, 4.69) is 22.3 Å². The molecule has 2 aliphatic rings. The molecule has 2 aromatic rings. The van der Waals surface area contributed by atoms with Crippen molar-refractivity contribution in [3.8, 4) is 11.1 Å². The Morgan fingerprint density at radius 2 is 1.67 bits per heavy atom. The Bertz CT molecular complexity index is 792. The van der Waals surface area contributed by atoms with Gasteiger partial charge in [-0.3, -0.25) is 0 Å². The van der Waals surface area contributed by atoms with Crippen molar-refractivity contribution in [1.29, 1.82) is 0 Å². The van der Waals surface area contributed by atoms with Crippen LogP contribution >= 0.6 is 24.8 Å². The molecule has 0 amide bonds. The van der Waals surface area contributed by atoms with Crippen LogP contribution < -0.4 is 5.32 Å². The van der Waals surface area contributed by atoms with Crippen LogP contribution in [0.4, 0.5) is 4.39 Å². The minimum atomic E-state index is -0.670. The predicted molar refractivity (Wildman–Crippen MR) is 126 cm³/mol. The molecule has 1 aliphatic heterocycles. The third-order valence-corrected chi connectivity index (χ3v) is 6.49. The molecule has 0 aromatic heterocycles. The van der Waals surface area contributed by atoms with Crippen molar-refractivity contribution < 1.29 is 9.50 Å². The smallest absolute Gasteiger partial charge is 0.131 e. The van der Waals surface area contributed by atoms with Crippen molar-refractivity contribution in [2.24, 2.45) is 0 Å². The van der Waals surface area contributed by atoms with Crippen LogP contribution in [0.5, 0.6) is 0 Å². The van der Waals surface area contributed by atoms with Gasteiger partial charge < -0.3 is 15.3 Å². The maximum atomic E-state index is 14.3. The van der Waals surface area contributed by atoms with E-state index in [9.17, 15) is 9.50 Å². The molecule has 6 heteroatoms. The van der Waals surface area contributed by atoms with Crippen molar-refractivity contribution in [3.05, 3.63) is 59.9 Å². The number of benzene rings is 2. The summed E-state index contributed by atoms with van der Waals surface area (Å²) in [6.45, 7) is 4.89. The number of nitrogens with one attached hydrogen (secondary N) is 1. The molecule has 1 heterocycles. The Hall–Kier alpha value is -1.17. The number of nitrogens with zero attached hydrogens (tertiary/aromatic N) is 1. The van der Waals surface area contributed by atoms with Crippen molar-refractivity contribution in [3.63, 3.8) is 0 Å². The topological polar surface area (TPSA) is 35.5 Å². The molecule has 1 atom stereocenters. The van der Waals surface area contributed by atoms with Gasteiger partial charge in [0.2, 0.25) is 0 Å². The van der Waals surface area contributed by atoms with Gasteiger partial charge in [0.15, 0.2) is 0 Å². The number of halogens is 3. The van der Waals surface area contributed by atoms with Gasteiger partial charge >= 0.3 is 0 Å². The molecule has 0 bridgehead atoms. The molecule has 0 radical (unpaired) electrons. The minimum absolute atomic E-state index is 0. The second kappa shape index (κ2) is 11.4. The summed E-state index contributed by atoms with van der Waals surface area (Å²) in [6.07, 6.45) is 5.09. The van der Waals surface area contributed by atoms with Gasteiger partial charge in [0.25, 0.3) is 0 Å². The second-order valence-corrected chi connectivity index (χ2v) is 8.37. The van der Waals surface area contributed by atoms with E-state index < -0.39 is 5.60 Å². The molecular weight excluding hydrogens is 422 g/mol. The zero-order valence-electron chi connectivity index (χ0n) is 17.4. The summed E-state index contributed by atoms with van der Waals surface area (Å²) in [5.74, 6) is -0.146. The van der Waals surface area contributed by atoms with Crippen LogP contribution in [-0.4, -0.2) is 48.3 Å². The molecule has 1 unspecified atom stereocenters. The molecule has 4 rings (SSSR count). The van der Waals surface area contributed by atoms with Gasteiger partial charge in [-0.2, -0.15) is 0 Å². The maximum absolute atomic E-state index is 14.3. The largest absolute Gasteiger partial charge is 0.389 e. The van der Waals surface area contributed by atoms with Gasteiger partial charge in [-0.05, 0) is 30.0 Å². The van der Waals surface area contributed by atoms with Crippen molar-refractivity contribution in [1.82, 2.24) is 10.2 Å². The van der Waals surface area contributed by atoms with Crippen LogP contribution in [-0.2, 0) is 0 Å². The number of hydrogen-bond donors (Lipinski definition) is 2. The van der Waals surface area contributed by atoms with Gasteiger partial charge in [0.1, 0.15) is 5.82 Å². The number of piperazine rings is 1. The lowest BCUT2D eigenvalue weighted by atomic mass is 9.72. The third-order valence-electron chi connectivity index (χ3n) is 6.49. The summed E-state index contributed by atoms with van der Waals surface area (Å²) in [7, 11) is 0. The monoisotopic (exact) mass is 454 g/mol. The average molecular weight is 455 g/mol. The van der Waals surface area contributed by atoms with Gasteiger partial charge in [-0.1, -0.05) is 61.7 Å². The average Bonchev–Trinajstić information content (AvgIpc) is 2.74. The summed E-state index contributed by atoms with van der Waals surface area (Å²) < 4.78 is 14.3. The standard InChI is InChI=1S/C24H31FN2O.2ClH/c25-23-10-3-2-9-21(23)19-7-6-8-20(17-19)22(18-27-15-13-26-14-16-27)24(28)11-4-1-5-12-24;;/h2-3,6-10,17,22,26,28H,1,4-5,11-16,18H2;2*1H. The van der Waals surface area contributed by atoms with Crippen molar-refractivity contribution in [2.75, 3.05) is 32.7 Å². The lowest BCUT2D eigenvalue weighted by Gasteiger charge is -2.42. The fraction of sp³-hybridized carbons (Fsp3) is 0.500. The Morgan fingerprint density at radius 3 is 2.37 bits per heavy atom. The first kappa shape index (κ1) is 25.1. The first-order valence-electron chi connectivity index (χ1n) is 10.7. The first-order valence-corrected chi connectivity index (χ1v) is 10.7. The van der Waals surface area contributed by atoms with Crippen molar-refractivity contribution in [2.45, 2.75) is 43.6 Å². The summed E-state index contributed by atoms with van der Waals surface area (Å²) >= 11 is 0. The Labute approximate surface area is 191 Å². The molecular formula is C24H33Cl2FN2O. The fourth-order valence-corrected chi connectivity index (χ4v) is 4.87. The van der Waals surface area contributed by atoms with Gasteiger partial charge in [0, 0.05) is 44.2 Å². The highest BCUT2D eigenvalue weighted by atomic mass is 35.5. The van der Waals surface area contributed by atoms with Crippen LogP contribution in [0.2, 0.25) is 0 Å². The Morgan fingerprint density at radius 1 is 0.967 bits per heavy atom. The maximum Gasteiger partial charge on any atom is 0.131 e. The number of aliphatic hydroxyl groups is 1. The third kappa shape index (κ3) is 5.74. The zero-order valence-corrected chi connectivity index (χ0v) is 19.0. The van der Waals surface area contributed by atoms with Crippen LogP contribution in [0.3, 0.4) is 0 Å². The highest BCUT2D eigenvalue weighted by Gasteiger charge is 2.39. The van der Waals surface area contributed by atoms with Crippen LogP contribution in [0, 0.1) is 5.82 Å². The normalized spacial score (nSPS) is 19.9. The SMILES string of the molecule is Cl.Cl.OC1(C(CN2CCNCC2)c2cccc(-c3ccccc3F)c2)CCCCC1. The van der Waals surface area contributed by atoms with E-state index >= 15 is 0 Å². The highest BCUT2D eigenvalue weighted by molar-refractivity contribution is 5.85. The molecule has 2 fully saturated rings. The van der Waals surface area contributed by atoms with Gasteiger partial charge in [-0.25, -0.2) is 4.39 Å². The molecule has 1 aliphatic carbocycles. The molecule has 1 saturated carbocycles. The van der Waals surface area contributed by atoms with Gasteiger partial charge in [-0.15, -0.1) is 24.8 Å². The Kier molecular flexibility index (Phi) is 9.58. The zero-order chi connectivity index (χ0) is 19.4. The first-order chi connectivity index (χ1) is 13.7. The lowest BCUT2D eigenvalue weighted by molar-refractivity contribution is -0.0316. The number of rotatable bonds is 5.